The molecule has 0 fully saturated rings. The van der Waals surface area contributed by atoms with E-state index in [4.69, 9.17) is 10.1 Å². The minimum Gasteiger partial charge on any atom is -0.478 e. The lowest BCUT2D eigenvalue weighted by Gasteiger charge is -1.99. The molecule has 0 aliphatic carbocycles. The van der Waals surface area contributed by atoms with Crippen molar-refractivity contribution in [2.24, 2.45) is 0 Å². The number of hydrogen-bond donors (Lipinski definition) is 1. The van der Waals surface area contributed by atoms with E-state index >= 15 is 0 Å². The van der Waals surface area contributed by atoms with Crippen molar-refractivity contribution in [3.63, 3.8) is 0 Å². The third-order valence-corrected chi connectivity index (χ3v) is 4.42. The zero-order chi connectivity index (χ0) is 15.5. The van der Waals surface area contributed by atoms with Gasteiger partial charge in [-0.15, -0.1) is 11.3 Å². The molecule has 0 saturated carbocycles. The third kappa shape index (κ3) is 3.07. The van der Waals surface area contributed by atoms with Gasteiger partial charge in [-0.2, -0.15) is 0 Å². The van der Waals surface area contributed by atoms with Gasteiger partial charge in [-0.1, -0.05) is 42.5 Å². The minimum absolute atomic E-state index is 0.309. The molecule has 1 N–H and O–H groups in total. The van der Waals surface area contributed by atoms with E-state index < -0.39 is 5.97 Å². The van der Waals surface area contributed by atoms with Gasteiger partial charge in [-0.25, -0.2) is 9.78 Å². The summed E-state index contributed by atoms with van der Waals surface area (Å²) in [6, 6.07) is 17.1. The number of aromatic nitrogens is 1. The van der Waals surface area contributed by atoms with Gasteiger partial charge >= 0.3 is 5.97 Å². The van der Waals surface area contributed by atoms with Gasteiger partial charge in [-0.3, -0.25) is 0 Å². The second-order valence-electron chi connectivity index (χ2n) is 5.06. The number of hydrogen-bond acceptors (Lipinski definition) is 3. The first-order chi connectivity index (χ1) is 10.6. The summed E-state index contributed by atoms with van der Waals surface area (Å²) in [5.74, 6) is -0.900. The fraction of sp³-hybridized carbons (Fsp3) is 0.111. The van der Waals surface area contributed by atoms with Gasteiger partial charge in [-0.05, 0) is 24.6 Å². The van der Waals surface area contributed by atoms with Crippen LogP contribution in [0.15, 0.2) is 54.6 Å². The van der Waals surface area contributed by atoms with E-state index in [0.717, 1.165) is 28.2 Å². The standard InChI is InChI=1S/C18H15NO2S/c1-12-17(14-5-3-2-4-6-14)19-16(22-12)11-13-7-9-15(10-8-13)18(20)21/h2-10H,11H2,1H3,(H,20,21). The number of carboxylic acids is 1. The molecule has 0 spiro atoms. The highest BCUT2D eigenvalue weighted by Gasteiger charge is 2.10. The van der Waals surface area contributed by atoms with Crippen LogP contribution in [0.3, 0.4) is 0 Å². The van der Waals surface area contributed by atoms with Crippen molar-refractivity contribution in [1.82, 2.24) is 4.98 Å². The monoisotopic (exact) mass is 309 g/mol. The summed E-state index contributed by atoms with van der Waals surface area (Å²) >= 11 is 1.69. The second-order valence-corrected chi connectivity index (χ2v) is 6.35. The number of benzene rings is 2. The SMILES string of the molecule is Cc1sc(Cc2ccc(C(=O)O)cc2)nc1-c1ccccc1. The summed E-state index contributed by atoms with van der Waals surface area (Å²) < 4.78 is 0. The van der Waals surface area contributed by atoms with Crippen molar-refractivity contribution in [3.05, 3.63) is 75.6 Å². The lowest BCUT2D eigenvalue weighted by atomic mass is 10.1. The number of carbonyl (C=O) groups is 1. The maximum absolute atomic E-state index is 10.9. The van der Waals surface area contributed by atoms with E-state index in [1.54, 1.807) is 23.5 Å². The Morgan fingerprint density at radius 1 is 1.09 bits per heavy atom. The predicted molar refractivity (Wildman–Crippen MR) is 88.5 cm³/mol. The lowest BCUT2D eigenvalue weighted by Crippen LogP contribution is -1.96. The molecule has 4 heteroatoms. The summed E-state index contributed by atoms with van der Waals surface area (Å²) in [6.07, 6.45) is 0.720. The molecule has 0 atom stereocenters. The first-order valence-electron chi connectivity index (χ1n) is 6.97. The van der Waals surface area contributed by atoms with E-state index in [0.29, 0.717) is 5.56 Å². The minimum atomic E-state index is -0.900. The number of aryl methyl sites for hydroxylation is 1. The molecule has 0 aliphatic rings. The van der Waals surface area contributed by atoms with Gasteiger partial charge in [0.2, 0.25) is 0 Å². The molecule has 22 heavy (non-hydrogen) atoms. The molecule has 0 saturated heterocycles. The van der Waals surface area contributed by atoms with Crippen LogP contribution < -0.4 is 0 Å². The maximum atomic E-state index is 10.9. The highest BCUT2D eigenvalue weighted by molar-refractivity contribution is 7.12. The van der Waals surface area contributed by atoms with E-state index in [1.807, 2.05) is 30.3 Å². The number of rotatable bonds is 4. The van der Waals surface area contributed by atoms with Crippen LogP contribution >= 0.6 is 11.3 Å². The molecule has 0 radical (unpaired) electrons. The molecule has 0 unspecified atom stereocenters. The summed E-state index contributed by atoms with van der Waals surface area (Å²) in [5.41, 5.74) is 3.54. The van der Waals surface area contributed by atoms with Crippen molar-refractivity contribution in [2.45, 2.75) is 13.3 Å². The topological polar surface area (TPSA) is 50.2 Å². The third-order valence-electron chi connectivity index (χ3n) is 3.44. The fourth-order valence-corrected chi connectivity index (χ4v) is 3.32. The first kappa shape index (κ1) is 14.5. The molecule has 1 heterocycles. The Hall–Kier alpha value is -2.46. The molecule has 3 aromatic rings. The van der Waals surface area contributed by atoms with Crippen LogP contribution in [0.2, 0.25) is 0 Å². The van der Waals surface area contributed by atoms with Crippen LogP contribution in [0.5, 0.6) is 0 Å². The maximum Gasteiger partial charge on any atom is 0.335 e. The van der Waals surface area contributed by atoms with E-state index in [-0.39, 0.29) is 0 Å². The molecule has 2 aromatic carbocycles. The molecule has 110 valence electrons. The summed E-state index contributed by atoms with van der Waals surface area (Å²) in [6.45, 7) is 2.08. The number of thiazole rings is 1. The lowest BCUT2D eigenvalue weighted by molar-refractivity contribution is 0.0697. The van der Waals surface area contributed by atoms with Crippen molar-refractivity contribution in [3.8, 4) is 11.3 Å². The zero-order valence-corrected chi connectivity index (χ0v) is 12.9. The molecular weight excluding hydrogens is 294 g/mol. The molecule has 0 amide bonds. The van der Waals surface area contributed by atoms with Gasteiger partial charge in [0, 0.05) is 16.9 Å². The highest BCUT2D eigenvalue weighted by atomic mass is 32.1. The van der Waals surface area contributed by atoms with Gasteiger partial charge in [0.25, 0.3) is 0 Å². The Kier molecular flexibility index (Phi) is 4.02. The average Bonchev–Trinajstić information content (AvgIpc) is 2.89. The Labute approximate surface area is 132 Å². The molecule has 0 bridgehead atoms. The second kappa shape index (κ2) is 6.12. The van der Waals surface area contributed by atoms with Gasteiger partial charge in [0.1, 0.15) is 0 Å². The molecular formula is C18H15NO2S. The largest absolute Gasteiger partial charge is 0.478 e. The fourth-order valence-electron chi connectivity index (χ4n) is 2.33. The highest BCUT2D eigenvalue weighted by Crippen LogP contribution is 2.28. The Morgan fingerprint density at radius 2 is 1.77 bits per heavy atom. The summed E-state index contributed by atoms with van der Waals surface area (Å²) in [7, 11) is 0. The molecule has 3 nitrogen and oxygen atoms in total. The molecule has 1 aromatic heterocycles. The van der Waals surface area contributed by atoms with Crippen LogP contribution in [0.1, 0.15) is 25.8 Å². The van der Waals surface area contributed by atoms with Crippen molar-refractivity contribution in [1.29, 1.82) is 0 Å². The van der Waals surface area contributed by atoms with Crippen LogP contribution in [0.25, 0.3) is 11.3 Å². The zero-order valence-electron chi connectivity index (χ0n) is 12.1. The predicted octanol–water partition coefficient (Wildman–Crippen LogP) is 4.41. The van der Waals surface area contributed by atoms with Crippen molar-refractivity contribution in [2.75, 3.05) is 0 Å². The van der Waals surface area contributed by atoms with E-state index in [1.165, 1.54) is 4.88 Å². The Morgan fingerprint density at radius 3 is 2.41 bits per heavy atom. The van der Waals surface area contributed by atoms with Crippen molar-refractivity contribution >= 4 is 17.3 Å². The van der Waals surface area contributed by atoms with Gasteiger partial charge in [0.15, 0.2) is 0 Å². The summed E-state index contributed by atoms with van der Waals surface area (Å²) in [5, 5.41) is 9.96. The van der Waals surface area contributed by atoms with Gasteiger partial charge in [0.05, 0.1) is 16.3 Å². The number of aromatic carboxylic acids is 1. The van der Waals surface area contributed by atoms with Crippen LogP contribution in [-0.2, 0) is 6.42 Å². The Bertz CT molecular complexity index is 792. The van der Waals surface area contributed by atoms with Crippen LogP contribution in [0, 0.1) is 6.92 Å². The van der Waals surface area contributed by atoms with Crippen molar-refractivity contribution < 1.29 is 9.90 Å². The quantitative estimate of drug-likeness (QED) is 0.776. The van der Waals surface area contributed by atoms with E-state index in [9.17, 15) is 4.79 Å². The average molecular weight is 309 g/mol. The van der Waals surface area contributed by atoms with Crippen LogP contribution in [-0.4, -0.2) is 16.1 Å². The Balaban J connectivity index is 1.83. The first-order valence-corrected chi connectivity index (χ1v) is 7.79. The number of nitrogens with zero attached hydrogens (tertiary/aromatic N) is 1. The van der Waals surface area contributed by atoms with Crippen LogP contribution in [0.4, 0.5) is 0 Å². The number of carboxylic acid groups (broad SMARTS) is 1. The molecule has 3 rings (SSSR count). The van der Waals surface area contributed by atoms with E-state index in [2.05, 4.69) is 19.1 Å². The van der Waals surface area contributed by atoms with Gasteiger partial charge < -0.3 is 5.11 Å². The summed E-state index contributed by atoms with van der Waals surface area (Å²) in [4.78, 5) is 16.8. The molecule has 0 aliphatic heterocycles. The normalized spacial score (nSPS) is 10.6. The smallest absolute Gasteiger partial charge is 0.335 e.